The number of piperazine rings is 1. The molecule has 5 heteroatoms. The number of carbonyl (C=O) groups is 1. The van der Waals surface area contributed by atoms with Gasteiger partial charge in [0.05, 0.1) is 12.8 Å². The third-order valence-electron chi connectivity index (χ3n) is 3.48. The Morgan fingerprint density at radius 2 is 1.85 bits per heavy atom. The molecule has 0 spiro atoms. The number of likely N-dealkylation sites (N-methyl/N-ethyl adjacent to an activating group) is 1. The summed E-state index contributed by atoms with van der Waals surface area (Å²) in [5.74, 6) is -0.0536. The van der Waals surface area contributed by atoms with E-state index in [0.717, 1.165) is 38.3 Å². The number of nitrogens with one attached hydrogen (secondary N) is 1. The Bertz CT molecular complexity index is 438. The highest BCUT2D eigenvalue weighted by molar-refractivity contribution is 5.83. The highest BCUT2D eigenvalue weighted by atomic mass is 16.2. The molecule has 0 aliphatic carbocycles. The summed E-state index contributed by atoms with van der Waals surface area (Å²) in [4.78, 5) is 16.3. The van der Waals surface area contributed by atoms with E-state index in [1.807, 2.05) is 30.3 Å². The van der Waals surface area contributed by atoms with E-state index in [4.69, 9.17) is 0 Å². The second-order valence-electron chi connectivity index (χ2n) is 4.91. The fourth-order valence-electron chi connectivity index (χ4n) is 2.22. The maximum atomic E-state index is 11.8. The van der Waals surface area contributed by atoms with Gasteiger partial charge in [-0.25, -0.2) is 5.43 Å². The third-order valence-corrected chi connectivity index (χ3v) is 3.48. The smallest absolute Gasteiger partial charge is 0.254 e. The molecule has 0 atom stereocenters. The number of hydrogen-bond acceptors (Lipinski definition) is 4. The summed E-state index contributed by atoms with van der Waals surface area (Å²) in [7, 11) is 0. The molecule has 0 unspecified atom stereocenters. The van der Waals surface area contributed by atoms with E-state index >= 15 is 0 Å². The van der Waals surface area contributed by atoms with Crippen LogP contribution in [0.5, 0.6) is 0 Å². The molecule has 0 radical (unpaired) electrons. The van der Waals surface area contributed by atoms with Crippen LogP contribution in [0.1, 0.15) is 12.5 Å². The minimum absolute atomic E-state index is 0.0536. The molecule has 20 heavy (non-hydrogen) atoms. The summed E-state index contributed by atoms with van der Waals surface area (Å²) >= 11 is 0. The Morgan fingerprint density at radius 1 is 1.20 bits per heavy atom. The molecule has 1 aliphatic rings. The average molecular weight is 274 g/mol. The van der Waals surface area contributed by atoms with Gasteiger partial charge in [0.25, 0.3) is 5.91 Å². The van der Waals surface area contributed by atoms with Crippen molar-refractivity contribution in [2.24, 2.45) is 5.10 Å². The van der Waals surface area contributed by atoms with Crippen molar-refractivity contribution in [3.05, 3.63) is 35.9 Å². The molecule has 1 aliphatic heterocycles. The number of carbonyl (C=O) groups excluding carboxylic acids is 1. The average Bonchev–Trinajstić information content (AvgIpc) is 2.49. The molecule has 1 saturated heterocycles. The van der Waals surface area contributed by atoms with Crippen LogP contribution in [0.3, 0.4) is 0 Å². The molecule has 1 aromatic carbocycles. The van der Waals surface area contributed by atoms with Crippen molar-refractivity contribution >= 4 is 12.1 Å². The van der Waals surface area contributed by atoms with Gasteiger partial charge >= 0.3 is 0 Å². The lowest BCUT2D eigenvalue weighted by atomic mass is 10.2. The lowest BCUT2D eigenvalue weighted by molar-refractivity contribution is -0.122. The van der Waals surface area contributed by atoms with E-state index in [0.29, 0.717) is 6.54 Å². The first-order valence-corrected chi connectivity index (χ1v) is 7.09. The van der Waals surface area contributed by atoms with Gasteiger partial charge < -0.3 is 4.90 Å². The lowest BCUT2D eigenvalue weighted by Gasteiger charge is -2.33. The molecule has 1 amide bonds. The summed E-state index contributed by atoms with van der Waals surface area (Å²) in [5.41, 5.74) is 3.56. The first-order valence-electron chi connectivity index (χ1n) is 7.09. The Kier molecular flexibility index (Phi) is 5.70. The van der Waals surface area contributed by atoms with Crippen molar-refractivity contribution in [3.63, 3.8) is 0 Å². The topological polar surface area (TPSA) is 47.9 Å². The van der Waals surface area contributed by atoms with Crippen molar-refractivity contribution in [3.8, 4) is 0 Å². The normalized spacial score (nSPS) is 17.4. The summed E-state index contributed by atoms with van der Waals surface area (Å²) in [6.07, 6.45) is 1.66. The highest BCUT2D eigenvalue weighted by Crippen LogP contribution is 2.00. The molecule has 5 nitrogen and oxygen atoms in total. The number of hydrogen-bond donors (Lipinski definition) is 1. The predicted octanol–water partition coefficient (Wildman–Crippen LogP) is 0.774. The molecule has 1 aromatic rings. The van der Waals surface area contributed by atoms with Crippen LogP contribution in [-0.2, 0) is 4.79 Å². The van der Waals surface area contributed by atoms with Gasteiger partial charge in [-0.3, -0.25) is 9.69 Å². The Morgan fingerprint density at radius 3 is 2.50 bits per heavy atom. The van der Waals surface area contributed by atoms with E-state index in [-0.39, 0.29) is 5.91 Å². The molecule has 1 fully saturated rings. The zero-order valence-electron chi connectivity index (χ0n) is 12.0. The van der Waals surface area contributed by atoms with Gasteiger partial charge in [0.2, 0.25) is 0 Å². The predicted molar refractivity (Wildman–Crippen MR) is 80.7 cm³/mol. The largest absolute Gasteiger partial charge is 0.301 e. The number of amides is 1. The molecule has 2 rings (SSSR count). The van der Waals surface area contributed by atoms with Crippen LogP contribution >= 0.6 is 0 Å². The van der Waals surface area contributed by atoms with Gasteiger partial charge in [-0.05, 0) is 12.1 Å². The van der Waals surface area contributed by atoms with Crippen LogP contribution in [0.4, 0.5) is 0 Å². The summed E-state index contributed by atoms with van der Waals surface area (Å²) in [6.45, 7) is 7.65. The molecule has 1 N–H and O–H groups in total. The maximum Gasteiger partial charge on any atom is 0.254 e. The fraction of sp³-hybridized carbons (Fsp3) is 0.467. The Balaban J connectivity index is 1.69. The molecule has 0 aromatic heterocycles. The highest BCUT2D eigenvalue weighted by Gasteiger charge is 2.17. The SMILES string of the molecule is CCN1CCN(CC(=O)N/N=C/c2ccccc2)CC1. The minimum Gasteiger partial charge on any atom is -0.301 e. The van der Waals surface area contributed by atoms with Crippen LogP contribution in [-0.4, -0.2) is 61.2 Å². The van der Waals surface area contributed by atoms with Crippen molar-refractivity contribution in [1.29, 1.82) is 0 Å². The number of nitrogens with zero attached hydrogens (tertiary/aromatic N) is 3. The molecular weight excluding hydrogens is 252 g/mol. The van der Waals surface area contributed by atoms with Crippen molar-refractivity contribution < 1.29 is 4.79 Å². The number of rotatable bonds is 5. The standard InChI is InChI=1S/C15H22N4O/c1-2-18-8-10-19(11-9-18)13-15(20)17-16-12-14-6-4-3-5-7-14/h3-7,12H,2,8-11,13H2,1H3,(H,17,20)/b16-12+. The van der Waals surface area contributed by atoms with E-state index < -0.39 is 0 Å². The zero-order chi connectivity index (χ0) is 14.2. The third kappa shape index (κ3) is 4.75. The van der Waals surface area contributed by atoms with Gasteiger partial charge in [0, 0.05) is 26.2 Å². The number of benzene rings is 1. The first kappa shape index (κ1) is 14.7. The van der Waals surface area contributed by atoms with Crippen LogP contribution in [0, 0.1) is 0 Å². The zero-order valence-corrected chi connectivity index (χ0v) is 12.0. The van der Waals surface area contributed by atoms with Crippen molar-refractivity contribution in [2.45, 2.75) is 6.92 Å². The second kappa shape index (κ2) is 7.77. The van der Waals surface area contributed by atoms with Gasteiger partial charge in [0.15, 0.2) is 0 Å². The summed E-state index contributed by atoms with van der Waals surface area (Å²) < 4.78 is 0. The van der Waals surface area contributed by atoms with E-state index in [1.165, 1.54) is 0 Å². The Hall–Kier alpha value is -1.72. The molecule has 1 heterocycles. The molecule has 0 bridgehead atoms. The van der Waals surface area contributed by atoms with Crippen LogP contribution in [0.2, 0.25) is 0 Å². The molecular formula is C15H22N4O. The van der Waals surface area contributed by atoms with Crippen molar-refractivity contribution in [2.75, 3.05) is 39.3 Å². The van der Waals surface area contributed by atoms with Gasteiger partial charge in [-0.1, -0.05) is 37.3 Å². The van der Waals surface area contributed by atoms with Crippen LogP contribution in [0.15, 0.2) is 35.4 Å². The van der Waals surface area contributed by atoms with Crippen LogP contribution in [0.25, 0.3) is 0 Å². The van der Waals surface area contributed by atoms with Gasteiger partial charge in [-0.2, -0.15) is 5.10 Å². The fourth-order valence-corrected chi connectivity index (χ4v) is 2.22. The van der Waals surface area contributed by atoms with Crippen molar-refractivity contribution in [1.82, 2.24) is 15.2 Å². The number of hydrazone groups is 1. The van der Waals surface area contributed by atoms with E-state index in [1.54, 1.807) is 6.21 Å². The molecule has 108 valence electrons. The van der Waals surface area contributed by atoms with E-state index in [2.05, 4.69) is 27.3 Å². The van der Waals surface area contributed by atoms with Crippen LogP contribution < -0.4 is 5.43 Å². The monoisotopic (exact) mass is 274 g/mol. The van der Waals surface area contributed by atoms with E-state index in [9.17, 15) is 4.79 Å². The second-order valence-corrected chi connectivity index (χ2v) is 4.91. The summed E-state index contributed by atoms with van der Waals surface area (Å²) in [5, 5.41) is 3.98. The first-order chi connectivity index (χ1) is 9.78. The van der Waals surface area contributed by atoms with Gasteiger partial charge in [0.1, 0.15) is 0 Å². The quantitative estimate of drug-likeness (QED) is 0.637. The Labute approximate surface area is 120 Å². The lowest BCUT2D eigenvalue weighted by Crippen LogP contribution is -2.48. The molecule has 0 saturated carbocycles. The van der Waals surface area contributed by atoms with Gasteiger partial charge in [-0.15, -0.1) is 0 Å². The minimum atomic E-state index is -0.0536. The maximum absolute atomic E-state index is 11.8. The summed E-state index contributed by atoms with van der Waals surface area (Å²) in [6, 6.07) is 9.72.